The molecule has 27 heavy (non-hydrogen) atoms. The first kappa shape index (κ1) is 18.4. The van der Waals surface area contributed by atoms with Gasteiger partial charge in [0.15, 0.2) is 5.66 Å². The number of carboxylic acids is 2. The fourth-order valence-corrected chi connectivity index (χ4v) is 3.70. The van der Waals surface area contributed by atoms with Crippen LogP contribution in [0.1, 0.15) is 29.9 Å². The van der Waals surface area contributed by atoms with Gasteiger partial charge >= 0.3 is 11.9 Å². The van der Waals surface area contributed by atoms with Gasteiger partial charge in [-0.25, -0.2) is 0 Å². The number of rotatable bonds is 7. The molecule has 2 atom stereocenters. The lowest BCUT2D eigenvalue weighted by atomic mass is 9.83. The van der Waals surface area contributed by atoms with Gasteiger partial charge in [-0.05, 0) is 40.6 Å². The highest BCUT2D eigenvalue weighted by molar-refractivity contribution is 5.81. The molecular weight excluding hydrogens is 348 g/mol. The van der Waals surface area contributed by atoms with Crippen LogP contribution in [-0.4, -0.2) is 27.8 Å². The first-order valence-corrected chi connectivity index (χ1v) is 8.37. The van der Waals surface area contributed by atoms with Crippen molar-refractivity contribution in [3.63, 3.8) is 0 Å². The number of hydrogen-bond donors (Lipinski definition) is 3. The molecule has 4 N–H and O–H groups in total. The van der Waals surface area contributed by atoms with Crippen LogP contribution in [0.3, 0.4) is 0 Å². The van der Waals surface area contributed by atoms with Gasteiger partial charge in [-0.15, -0.1) is 0 Å². The molecule has 0 spiro atoms. The Bertz CT molecular complexity index is 905. The molecule has 0 aromatic heterocycles. The van der Waals surface area contributed by atoms with E-state index in [1.165, 1.54) is 0 Å². The zero-order valence-electron chi connectivity index (χ0n) is 14.3. The van der Waals surface area contributed by atoms with Gasteiger partial charge in [0, 0.05) is 10.8 Å². The molecule has 138 valence electrons. The number of azide groups is 1. The molecule has 8 heteroatoms. The third kappa shape index (κ3) is 3.36. The molecule has 1 unspecified atom stereocenters. The Morgan fingerprint density at radius 3 is 2.07 bits per heavy atom. The highest BCUT2D eigenvalue weighted by atomic mass is 16.4. The minimum atomic E-state index is -2.31. The number of carboxylic acid groups (broad SMARTS) is 2. The summed E-state index contributed by atoms with van der Waals surface area (Å²) in [5, 5.41) is 22.1. The molecule has 0 heterocycles. The molecule has 2 aromatic carbocycles. The zero-order chi connectivity index (χ0) is 19.6. The van der Waals surface area contributed by atoms with Gasteiger partial charge in [0.2, 0.25) is 0 Å². The highest BCUT2D eigenvalue weighted by Crippen LogP contribution is 2.47. The number of fused-ring (bicyclic) bond motifs is 3. The van der Waals surface area contributed by atoms with Crippen LogP contribution in [0.5, 0.6) is 0 Å². The molecule has 1 aliphatic carbocycles. The van der Waals surface area contributed by atoms with Crippen molar-refractivity contribution in [2.75, 3.05) is 0 Å². The maximum atomic E-state index is 11.8. The number of aliphatic carboxylic acids is 2. The van der Waals surface area contributed by atoms with E-state index in [1.54, 1.807) is 0 Å². The number of hydrogen-bond acceptors (Lipinski definition) is 4. The van der Waals surface area contributed by atoms with E-state index in [2.05, 4.69) is 10.0 Å². The fourth-order valence-electron chi connectivity index (χ4n) is 3.70. The van der Waals surface area contributed by atoms with E-state index in [4.69, 9.17) is 11.3 Å². The van der Waals surface area contributed by atoms with Gasteiger partial charge in [0.05, 0.1) is 5.92 Å². The minimum Gasteiger partial charge on any atom is -0.481 e. The lowest BCUT2D eigenvalue weighted by molar-refractivity contribution is -0.147. The van der Waals surface area contributed by atoms with Crippen molar-refractivity contribution >= 4 is 11.9 Å². The van der Waals surface area contributed by atoms with E-state index in [-0.39, 0.29) is 12.3 Å². The highest BCUT2D eigenvalue weighted by Gasteiger charge is 2.40. The number of carbonyl (C=O) groups is 2. The largest absolute Gasteiger partial charge is 0.481 e. The third-order valence-corrected chi connectivity index (χ3v) is 4.98. The minimum absolute atomic E-state index is 0.149. The maximum Gasteiger partial charge on any atom is 0.329 e. The topological polar surface area (TPSA) is 149 Å². The smallest absolute Gasteiger partial charge is 0.329 e. The summed E-state index contributed by atoms with van der Waals surface area (Å²) in [5.41, 5.74) is 16.0. The van der Waals surface area contributed by atoms with E-state index in [9.17, 15) is 19.8 Å². The van der Waals surface area contributed by atoms with Crippen LogP contribution in [0, 0.1) is 5.92 Å². The first-order chi connectivity index (χ1) is 12.9. The number of nitrogens with two attached hydrogens (primary N) is 1. The van der Waals surface area contributed by atoms with Gasteiger partial charge in [0.25, 0.3) is 0 Å². The van der Waals surface area contributed by atoms with Crippen molar-refractivity contribution in [3.05, 3.63) is 70.1 Å². The second-order valence-electron chi connectivity index (χ2n) is 6.62. The zero-order valence-corrected chi connectivity index (χ0v) is 14.3. The summed E-state index contributed by atoms with van der Waals surface area (Å²) in [5.74, 6) is -4.04. The van der Waals surface area contributed by atoms with E-state index in [0.29, 0.717) is 0 Å². The SMILES string of the molecule is [N-]=[N+]=N[C@](N)(CC(CC1c2ccccc2-c2ccccc21)C(=O)O)C(=O)O. The molecular formula is C19H18N4O4. The van der Waals surface area contributed by atoms with Crippen molar-refractivity contribution < 1.29 is 19.8 Å². The summed E-state index contributed by atoms with van der Waals surface area (Å²) in [6, 6.07) is 15.5. The van der Waals surface area contributed by atoms with Crippen molar-refractivity contribution in [1.29, 1.82) is 0 Å². The van der Waals surface area contributed by atoms with Gasteiger partial charge in [0.1, 0.15) is 0 Å². The van der Waals surface area contributed by atoms with Crippen LogP contribution in [0.25, 0.3) is 21.6 Å². The van der Waals surface area contributed by atoms with Crippen molar-refractivity contribution in [2.45, 2.75) is 24.4 Å². The summed E-state index contributed by atoms with van der Waals surface area (Å²) in [7, 11) is 0. The predicted octanol–water partition coefficient (Wildman–Crippen LogP) is 3.33. The van der Waals surface area contributed by atoms with E-state index < -0.39 is 29.9 Å². The Morgan fingerprint density at radius 2 is 1.63 bits per heavy atom. The number of nitrogens with zero attached hydrogens (tertiary/aromatic N) is 3. The van der Waals surface area contributed by atoms with Crippen molar-refractivity contribution in [3.8, 4) is 11.1 Å². The van der Waals surface area contributed by atoms with Crippen LogP contribution in [0.15, 0.2) is 53.6 Å². The molecule has 0 saturated heterocycles. The quantitative estimate of drug-likeness (QED) is 0.390. The second kappa shape index (κ2) is 7.11. The van der Waals surface area contributed by atoms with Crippen LogP contribution in [0.4, 0.5) is 0 Å². The lowest BCUT2D eigenvalue weighted by Crippen LogP contribution is -2.48. The Labute approximate surface area is 154 Å². The van der Waals surface area contributed by atoms with E-state index >= 15 is 0 Å². The molecule has 8 nitrogen and oxygen atoms in total. The fraction of sp³-hybridized carbons (Fsp3) is 0.263. The lowest BCUT2D eigenvalue weighted by Gasteiger charge is -2.25. The molecule has 3 rings (SSSR count). The number of benzene rings is 2. The van der Waals surface area contributed by atoms with E-state index in [0.717, 1.165) is 22.3 Å². The first-order valence-electron chi connectivity index (χ1n) is 8.37. The van der Waals surface area contributed by atoms with Crippen LogP contribution < -0.4 is 5.73 Å². The van der Waals surface area contributed by atoms with Gasteiger partial charge in [-0.3, -0.25) is 9.59 Å². The van der Waals surface area contributed by atoms with E-state index in [1.807, 2.05) is 48.5 Å². The molecule has 0 fully saturated rings. The standard InChI is InChI=1S/C19H18N4O4/c20-19(18(26)27,22-23-21)10-11(17(24)25)9-16-14-7-3-1-5-12(14)13-6-2-4-8-15(13)16/h1-8,11,16H,9-10,20H2,(H,24,25)(H,26,27)/t11?,19-/m1/s1. The normalized spacial score (nSPS) is 15.7. The molecule has 0 aliphatic heterocycles. The molecule has 1 aliphatic rings. The molecule has 0 radical (unpaired) electrons. The third-order valence-electron chi connectivity index (χ3n) is 4.98. The summed E-state index contributed by atoms with van der Waals surface area (Å²) in [6.07, 6.45) is -0.348. The Balaban J connectivity index is 1.97. The summed E-state index contributed by atoms with van der Waals surface area (Å²) >= 11 is 0. The average Bonchev–Trinajstić information content (AvgIpc) is 2.95. The average molecular weight is 366 g/mol. The second-order valence-corrected chi connectivity index (χ2v) is 6.62. The van der Waals surface area contributed by atoms with Crippen LogP contribution >= 0.6 is 0 Å². The predicted molar refractivity (Wildman–Crippen MR) is 97.8 cm³/mol. The van der Waals surface area contributed by atoms with Crippen molar-refractivity contribution in [1.82, 2.24) is 0 Å². The Morgan fingerprint density at radius 1 is 1.11 bits per heavy atom. The van der Waals surface area contributed by atoms with Gasteiger partial charge in [-0.2, -0.15) is 0 Å². The Kier molecular flexibility index (Phi) is 4.85. The monoisotopic (exact) mass is 366 g/mol. The summed E-state index contributed by atoms with van der Waals surface area (Å²) < 4.78 is 0. The molecule has 0 bridgehead atoms. The van der Waals surface area contributed by atoms with Crippen LogP contribution in [0.2, 0.25) is 0 Å². The summed E-state index contributed by atoms with van der Waals surface area (Å²) in [4.78, 5) is 25.7. The van der Waals surface area contributed by atoms with Crippen LogP contribution in [-0.2, 0) is 9.59 Å². The molecule has 2 aromatic rings. The Hall–Kier alpha value is -3.35. The van der Waals surface area contributed by atoms with Gasteiger partial charge in [-0.1, -0.05) is 53.6 Å². The molecule has 0 saturated carbocycles. The van der Waals surface area contributed by atoms with Crippen molar-refractivity contribution in [2.24, 2.45) is 16.8 Å². The van der Waals surface area contributed by atoms with Gasteiger partial charge < -0.3 is 15.9 Å². The summed E-state index contributed by atoms with van der Waals surface area (Å²) in [6.45, 7) is 0. The maximum absolute atomic E-state index is 11.8. The molecule has 0 amide bonds.